The van der Waals surface area contributed by atoms with E-state index in [-0.39, 0.29) is 18.9 Å². The number of carboxylic acids is 1. The molecule has 0 heterocycles. The smallest absolute Gasteiger partial charge is 0.329 e. The molecule has 7 nitrogen and oxygen atoms in total. The van der Waals surface area contributed by atoms with E-state index in [1.165, 1.54) is 0 Å². The third-order valence-electron chi connectivity index (χ3n) is 3.55. The number of carbonyl (C=O) groups is 3. The van der Waals surface area contributed by atoms with Crippen molar-refractivity contribution >= 4 is 17.9 Å². The first kappa shape index (κ1) is 13.6. The molecule has 106 valence electrons. The lowest BCUT2D eigenvalue weighted by atomic mass is 9.77. The molecule has 7 heteroatoms. The minimum atomic E-state index is -1.11. The molecule has 0 aromatic heterocycles. The van der Waals surface area contributed by atoms with E-state index >= 15 is 0 Å². The molecule has 0 aliphatic heterocycles. The fourth-order valence-corrected chi connectivity index (χ4v) is 2.00. The Morgan fingerprint density at radius 2 is 1.89 bits per heavy atom. The summed E-state index contributed by atoms with van der Waals surface area (Å²) in [6, 6.07) is -0.215. The second-order valence-electron chi connectivity index (χ2n) is 5.21. The monoisotopic (exact) mass is 269 g/mol. The van der Waals surface area contributed by atoms with Crippen LogP contribution in [-0.2, 0) is 9.59 Å². The Balaban J connectivity index is 1.63. The van der Waals surface area contributed by atoms with Crippen molar-refractivity contribution in [1.29, 1.82) is 0 Å². The van der Waals surface area contributed by atoms with E-state index < -0.39 is 17.5 Å². The van der Waals surface area contributed by atoms with Crippen molar-refractivity contribution in [2.24, 2.45) is 0 Å². The van der Waals surface area contributed by atoms with Crippen molar-refractivity contribution in [1.82, 2.24) is 16.0 Å². The normalized spacial score (nSPS) is 20.0. The predicted octanol–water partition coefficient (Wildman–Crippen LogP) is -0.0384. The van der Waals surface area contributed by atoms with Crippen molar-refractivity contribution in [2.45, 2.75) is 50.1 Å². The van der Waals surface area contributed by atoms with Crippen LogP contribution in [0.15, 0.2) is 0 Å². The number of rotatable bonds is 6. The molecule has 0 saturated heterocycles. The first-order valence-electron chi connectivity index (χ1n) is 6.61. The molecular weight excluding hydrogens is 250 g/mol. The lowest BCUT2D eigenvalue weighted by molar-refractivity contribution is -0.148. The number of hydrogen-bond donors (Lipinski definition) is 4. The first-order chi connectivity index (χ1) is 9.02. The molecule has 0 bridgehead atoms. The number of amides is 3. The first-order valence-corrected chi connectivity index (χ1v) is 6.61. The largest absolute Gasteiger partial charge is 0.480 e. The van der Waals surface area contributed by atoms with Gasteiger partial charge in [-0.1, -0.05) is 0 Å². The molecule has 2 aliphatic rings. The topological polar surface area (TPSA) is 108 Å². The summed E-state index contributed by atoms with van der Waals surface area (Å²) in [6.07, 6.45) is 3.98. The fourth-order valence-electron chi connectivity index (χ4n) is 2.00. The number of hydrogen-bond acceptors (Lipinski definition) is 3. The molecule has 2 rings (SSSR count). The summed E-state index contributed by atoms with van der Waals surface area (Å²) in [5.74, 6) is -1.08. The Bertz CT molecular complexity index is 388. The maximum atomic E-state index is 11.6. The van der Waals surface area contributed by atoms with Crippen LogP contribution in [0.4, 0.5) is 4.79 Å². The second-order valence-corrected chi connectivity index (χ2v) is 5.21. The Labute approximate surface area is 111 Å². The van der Waals surface area contributed by atoms with Gasteiger partial charge in [0, 0.05) is 19.0 Å². The van der Waals surface area contributed by atoms with Crippen LogP contribution in [0.5, 0.6) is 0 Å². The number of aliphatic carboxylic acids is 1. The van der Waals surface area contributed by atoms with Crippen molar-refractivity contribution < 1.29 is 19.5 Å². The second kappa shape index (κ2) is 5.46. The highest BCUT2D eigenvalue weighted by atomic mass is 16.4. The van der Waals surface area contributed by atoms with Crippen molar-refractivity contribution in [3.05, 3.63) is 0 Å². The van der Waals surface area contributed by atoms with Crippen LogP contribution in [0.3, 0.4) is 0 Å². The molecule has 0 unspecified atom stereocenters. The lowest BCUT2D eigenvalue weighted by Crippen LogP contribution is -2.61. The average Bonchev–Trinajstić information content (AvgIpc) is 3.06. The Kier molecular flexibility index (Phi) is 3.92. The van der Waals surface area contributed by atoms with Crippen molar-refractivity contribution in [2.75, 3.05) is 6.54 Å². The van der Waals surface area contributed by atoms with Crippen LogP contribution < -0.4 is 16.0 Å². The van der Waals surface area contributed by atoms with Crippen LogP contribution in [0, 0.1) is 0 Å². The predicted molar refractivity (Wildman–Crippen MR) is 66.5 cm³/mol. The van der Waals surface area contributed by atoms with Crippen LogP contribution in [0.2, 0.25) is 0 Å². The molecule has 0 aromatic rings. The van der Waals surface area contributed by atoms with Gasteiger partial charge in [0.1, 0.15) is 5.54 Å². The molecule has 2 saturated carbocycles. The summed E-state index contributed by atoms with van der Waals surface area (Å²) in [5, 5.41) is 16.8. The molecular formula is C12H19N3O4. The number of carboxylic acid groups (broad SMARTS) is 1. The van der Waals surface area contributed by atoms with Crippen LogP contribution in [0.25, 0.3) is 0 Å². The molecule has 2 fully saturated rings. The van der Waals surface area contributed by atoms with Crippen molar-refractivity contribution in [3.63, 3.8) is 0 Å². The summed E-state index contributed by atoms with van der Waals surface area (Å²) in [4.78, 5) is 34.0. The fraction of sp³-hybridized carbons (Fsp3) is 0.750. The summed E-state index contributed by atoms with van der Waals surface area (Å²) >= 11 is 0. The zero-order valence-electron chi connectivity index (χ0n) is 10.7. The summed E-state index contributed by atoms with van der Waals surface area (Å²) in [7, 11) is 0. The highest BCUT2D eigenvalue weighted by molar-refractivity contribution is 5.87. The number of nitrogens with one attached hydrogen (secondary N) is 3. The van der Waals surface area contributed by atoms with Gasteiger partial charge in [-0.3, -0.25) is 4.79 Å². The van der Waals surface area contributed by atoms with Crippen LogP contribution in [0.1, 0.15) is 38.5 Å². The van der Waals surface area contributed by atoms with Gasteiger partial charge in [0.05, 0.1) is 0 Å². The minimum absolute atomic E-state index is 0.0839. The van der Waals surface area contributed by atoms with E-state index in [0.717, 1.165) is 19.3 Å². The maximum absolute atomic E-state index is 11.6. The minimum Gasteiger partial charge on any atom is -0.480 e. The Hall–Kier alpha value is -1.79. The van der Waals surface area contributed by atoms with E-state index in [2.05, 4.69) is 16.0 Å². The molecule has 3 amide bonds. The highest BCUT2D eigenvalue weighted by Gasteiger charge is 2.45. The third kappa shape index (κ3) is 3.59. The SMILES string of the molecule is O=C(CCNC(=O)NC1(C(=O)O)CCC1)NC1CC1. The molecule has 0 atom stereocenters. The molecule has 19 heavy (non-hydrogen) atoms. The maximum Gasteiger partial charge on any atom is 0.329 e. The Morgan fingerprint density at radius 1 is 1.21 bits per heavy atom. The molecule has 4 N–H and O–H groups in total. The van der Waals surface area contributed by atoms with E-state index in [0.29, 0.717) is 18.9 Å². The van der Waals surface area contributed by atoms with Gasteiger partial charge < -0.3 is 21.1 Å². The molecule has 0 aromatic carbocycles. The lowest BCUT2D eigenvalue weighted by Gasteiger charge is -2.38. The van der Waals surface area contributed by atoms with Gasteiger partial charge in [0.2, 0.25) is 5.91 Å². The summed E-state index contributed by atoms with van der Waals surface area (Å²) in [6.45, 7) is 0.208. The van der Waals surface area contributed by atoms with Crippen LogP contribution >= 0.6 is 0 Å². The van der Waals surface area contributed by atoms with Gasteiger partial charge in [-0.2, -0.15) is 0 Å². The van der Waals surface area contributed by atoms with E-state index in [4.69, 9.17) is 5.11 Å². The van der Waals surface area contributed by atoms with Gasteiger partial charge in [-0.05, 0) is 32.1 Å². The summed E-state index contributed by atoms with van der Waals surface area (Å²) < 4.78 is 0. The van der Waals surface area contributed by atoms with E-state index in [9.17, 15) is 14.4 Å². The van der Waals surface area contributed by atoms with E-state index in [1.807, 2.05) is 0 Å². The van der Waals surface area contributed by atoms with Crippen LogP contribution in [-0.4, -0.2) is 41.1 Å². The zero-order chi connectivity index (χ0) is 13.9. The van der Waals surface area contributed by atoms with E-state index in [1.54, 1.807) is 0 Å². The van der Waals surface area contributed by atoms with Gasteiger partial charge in [-0.15, -0.1) is 0 Å². The number of urea groups is 1. The van der Waals surface area contributed by atoms with Gasteiger partial charge in [0.25, 0.3) is 0 Å². The molecule has 0 radical (unpaired) electrons. The highest BCUT2D eigenvalue weighted by Crippen LogP contribution is 2.31. The summed E-state index contributed by atoms with van der Waals surface area (Å²) in [5.41, 5.74) is -1.11. The van der Waals surface area contributed by atoms with Crippen molar-refractivity contribution in [3.8, 4) is 0 Å². The third-order valence-corrected chi connectivity index (χ3v) is 3.55. The zero-order valence-corrected chi connectivity index (χ0v) is 10.7. The standard InChI is InChI=1S/C12H19N3O4/c16-9(14-8-2-3-8)4-7-13-11(19)15-12(10(17)18)5-1-6-12/h8H,1-7H2,(H,14,16)(H,17,18)(H2,13,15,19). The van der Waals surface area contributed by atoms with Gasteiger partial charge in [0.15, 0.2) is 0 Å². The molecule has 2 aliphatic carbocycles. The number of carbonyl (C=O) groups excluding carboxylic acids is 2. The Morgan fingerprint density at radius 3 is 2.37 bits per heavy atom. The molecule has 0 spiro atoms. The quantitative estimate of drug-likeness (QED) is 0.542. The average molecular weight is 269 g/mol. The van der Waals surface area contributed by atoms with Gasteiger partial charge >= 0.3 is 12.0 Å². The van der Waals surface area contributed by atoms with Gasteiger partial charge in [-0.25, -0.2) is 9.59 Å².